The van der Waals surface area contributed by atoms with E-state index in [9.17, 15) is 4.39 Å². The summed E-state index contributed by atoms with van der Waals surface area (Å²) in [7, 11) is 0. The molecule has 3 N–H and O–H groups in total. The van der Waals surface area contributed by atoms with Gasteiger partial charge < -0.3 is 11.1 Å². The van der Waals surface area contributed by atoms with E-state index >= 15 is 0 Å². The molecule has 0 spiro atoms. The molecule has 1 rings (SSSR count). The van der Waals surface area contributed by atoms with Gasteiger partial charge in [0, 0.05) is 18.7 Å². The zero-order chi connectivity index (χ0) is 9.68. The van der Waals surface area contributed by atoms with Gasteiger partial charge >= 0.3 is 0 Å². The van der Waals surface area contributed by atoms with Gasteiger partial charge in [0.1, 0.15) is 5.82 Å². The molecule has 0 aromatic carbocycles. The zero-order valence-electron chi connectivity index (χ0n) is 8.85. The summed E-state index contributed by atoms with van der Waals surface area (Å²) in [6.45, 7) is 2.67. The van der Waals surface area contributed by atoms with Crippen molar-refractivity contribution in [2.75, 3.05) is 11.9 Å². The molecule has 0 saturated heterocycles. The lowest BCUT2D eigenvalue weighted by Gasteiger charge is -2.07. The number of nitrogens with zero attached hydrogens (tertiary/aromatic N) is 1. The second-order valence-electron chi connectivity index (χ2n) is 3.08. The summed E-state index contributed by atoms with van der Waals surface area (Å²) in [5.41, 5.74) is 6.25. The molecular weight excluding hydrogens is 275 g/mol. The average Bonchev–Trinajstić information content (AvgIpc) is 2.03. The molecular formula is C9H17Cl3FN3. The van der Waals surface area contributed by atoms with E-state index < -0.39 is 0 Å². The Labute approximate surface area is 114 Å². The van der Waals surface area contributed by atoms with E-state index in [0.29, 0.717) is 5.69 Å². The van der Waals surface area contributed by atoms with Gasteiger partial charge in [-0.1, -0.05) is 0 Å². The molecule has 0 aliphatic heterocycles. The molecule has 0 amide bonds. The quantitative estimate of drug-likeness (QED) is 0.897. The lowest BCUT2D eigenvalue weighted by molar-refractivity contribution is 0.621. The predicted molar refractivity (Wildman–Crippen MR) is 72.7 cm³/mol. The fourth-order valence-electron chi connectivity index (χ4n) is 0.953. The second kappa shape index (κ2) is 11.2. The Morgan fingerprint density at radius 1 is 1.38 bits per heavy atom. The number of nitrogens with two attached hydrogens (primary N) is 1. The van der Waals surface area contributed by atoms with Crippen molar-refractivity contribution in [2.45, 2.75) is 19.4 Å². The van der Waals surface area contributed by atoms with Crippen LogP contribution in [0.1, 0.15) is 13.3 Å². The number of rotatable bonds is 4. The van der Waals surface area contributed by atoms with Crippen molar-refractivity contribution in [3.63, 3.8) is 0 Å². The third kappa shape index (κ3) is 8.97. The molecule has 1 aromatic heterocycles. The molecule has 1 aromatic rings. The Morgan fingerprint density at radius 2 is 2.00 bits per heavy atom. The van der Waals surface area contributed by atoms with E-state index in [4.69, 9.17) is 5.73 Å². The van der Waals surface area contributed by atoms with Gasteiger partial charge in [0.15, 0.2) is 0 Å². The summed E-state index contributed by atoms with van der Waals surface area (Å²) < 4.78 is 12.6. The topological polar surface area (TPSA) is 50.9 Å². The number of anilines is 1. The van der Waals surface area contributed by atoms with Crippen LogP contribution in [-0.4, -0.2) is 17.6 Å². The van der Waals surface area contributed by atoms with Crippen LogP contribution in [0.3, 0.4) is 0 Å². The molecule has 0 unspecified atom stereocenters. The van der Waals surface area contributed by atoms with Crippen LogP contribution in [-0.2, 0) is 0 Å². The Bertz CT molecular complexity index is 274. The standard InChI is InChI=1S/C9H14FN3.3ClH/c1-7(11)2-3-13-9-4-8(10)5-12-6-9;;;/h4-7,13H,2-3,11H2,1H3;3*1H/t7-;;;/m0.../s1. The number of halogens is 4. The molecule has 7 heteroatoms. The monoisotopic (exact) mass is 291 g/mol. The molecule has 1 heterocycles. The normalized spacial score (nSPS) is 10.2. The second-order valence-corrected chi connectivity index (χ2v) is 3.08. The molecule has 0 fully saturated rings. The van der Waals surface area contributed by atoms with Crippen LogP contribution in [0, 0.1) is 5.82 Å². The van der Waals surface area contributed by atoms with Crippen LogP contribution >= 0.6 is 37.2 Å². The van der Waals surface area contributed by atoms with Crippen molar-refractivity contribution < 1.29 is 4.39 Å². The van der Waals surface area contributed by atoms with E-state index in [1.807, 2.05) is 6.92 Å². The lowest BCUT2D eigenvalue weighted by Crippen LogP contribution is -2.19. The predicted octanol–water partition coefficient (Wildman–Crippen LogP) is 2.64. The summed E-state index contributed by atoms with van der Waals surface area (Å²) >= 11 is 0. The van der Waals surface area contributed by atoms with Gasteiger partial charge in [-0.25, -0.2) is 4.39 Å². The summed E-state index contributed by atoms with van der Waals surface area (Å²) in [6, 6.07) is 1.57. The molecule has 0 saturated carbocycles. The van der Waals surface area contributed by atoms with Crippen LogP contribution in [0.4, 0.5) is 10.1 Å². The molecule has 1 atom stereocenters. The van der Waals surface area contributed by atoms with Crippen molar-refractivity contribution >= 4 is 42.9 Å². The number of pyridine rings is 1. The van der Waals surface area contributed by atoms with E-state index in [0.717, 1.165) is 13.0 Å². The Kier molecular flexibility index (Phi) is 14.7. The smallest absolute Gasteiger partial charge is 0.143 e. The first kappa shape index (κ1) is 21.0. The van der Waals surface area contributed by atoms with Crippen LogP contribution < -0.4 is 11.1 Å². The molecule has 0 radical (unpaired) electrons. The van der Waals surface area contributed by atoms with Crippen molar-refractivity contribution in [1.29, 1.82) is 0 Å². The number of hydrogen-bond donors (Lipinski definition) is 2. The fraction of sp³-hybridized carbons (Fsp3) is 0.444. The van der Waals surface area contributed by atoms with Crippen molar-refractivity contribution in [1.82, 2.24) is 4.98 Å². The van der Waals surface area contributed by atoms with Crippen molar-refractivity contribution in [2.24, 2.45) is 5.73 Å². The van der Waals surface area contributed by atoms with Crippen LogP contribution in [0.15, 0.2) is 18.5 Å². The molecule has 0 aliphatic carbocycles. The first-order valence-corrected chi connectivity index (χ1v) is 4.28. The Hall–Kier alpha value is -0.290. The molecule has 0 bridgehead atoms. The minimum Gasteiger partial charge on any atom is -0.384 e. The highest BCUT2D eigenvalue weighted by atomic mass is 35.5. The Balaban J connectivity index is -0.000000563. The zero-order valence-corrected chi connectivity index (χ0v) is 11.3. The molecule has 0 aliphatic rings. The minimum atomic E-state index is -0.328. The number of hydrogen-bond acceptors (Lipinski definition) is 3. The molecule has 16 heavy (non-hydrogen) atoms. The summed E-state index contributed by atoms with van der Waals surface area (Å²) in [6.07, 6.45) is 3.62. The van der Waals surface area contributed by atoms with Gasteiger partial charge in [0.2, 0.25) is 0 Å². The summed E-state index contributed by atoms with van der Waals surface area (Å²) in [4.78, 5) is 3.71. The minimum absolute atomic E-state index is 0. The van der Waals surface area contributed by atoms with Crippen molar-refractivity contribution in [3.8, 4) is 0 Å². The number of aromatic nitrogens is 1. The van der Waals surface area contributed by atoms with Gasteiger partial charge in [-0.15, -0.1) is 37.2 Å². The summed E-state index contributed by atoms with van der Waals surface area (Å²) in [5, 5.41) is 3.03. The maximum Gasteiger partial charge on any atom is 0.143 e. The lowest BCUT2D eigenvalue weighted by atomic mass is 10.2. The largest absolute Gasteiger partial charge is 0.384 e. The molecule has 3 nitrogen and oxygen atoms in total. The van der Waals surface area contributed by atoms with E-state index in [1.165, 1.54) is 12.3 Å². The SMILES string of the molecule is C[C@H](N)CCNc1cncc(F)c1.Cl.Cl.Cl. The van der Waals surface area contributed by atoms with E-state index in [1.54, 1.807) is 6.20 Å². The van der Waals surface area contributed by atoms with Crippen LogP contribution in [0.25, 0.3) is 0 Å². The number of nitrogens with one attached hydrogen (secondary N) is 1. The summed E-state index contributed by atoms with van der Waals surface area (Å²) in [5.74, 6) is -0.328. The van der Waals surface area contributed by atoms with Gasteiger partial charge in [0.25, 0.3) is 0 Å². The maximum absolute atomic E-state index is 12.6. The molecule has 96 valence electrons. The highest BCUT2D eigenvalue weighted by molar-refractivity contribution is 5.86. The van der Waals surface area contributed by atoms with Gasteiger partial charge in [0.05, 0.1) is 18.1 Å². The van der Waals surface area contributed by atoms with E-state index in [-0.39, 0.29) is 49.1 Å². The first-order valence-electron chi connectivity index (χ1n) is 4.28. The third-order valence-electron chi connectivity index (χ3n) is 1.63. The highest BCUT2D eigenvalue weighted by Gasteiger charge is 1.96. The fourth-order valence-corrected chi connectivity index (χ4v) is 0.953. The third-order valence-corrected chi connectivity index (χ3v) is 1.63. The van der Waals surface area contributed by atoms with Crippen LogP contribution in [0.5, 0.6) is 0 Å². The first-order chi connectivity index (χ1) is 6.18. The van der Waals surface area contributed by atoms with Gasteiger partial charge in [-0.05, 0) is 13.3 Å². The average molecular weight is 293 g/mol. The van der Waals surface area contributed by atoms with Crippen LogP contribution in [0.2, 0.25) is 0 Å². The van der Waals surface area contributed by atoms with E-state index in [2.05, 4.69) is 10.3 Å². The highest BCUT2D eigenvalue weighted by Crippen LogP contribution is 2.06. The Morgan fingerprint density at radius 3 is 2.50 bits per heavy atom. The van der Waals surface area contributed by atoms with Gasteiger partial charge in [-0.2, -0.15) is 0 Å². The van der Waals surface area contributed by atoms with Crippen molar-refractivity contribution in [3.05, 3.63) is 24.3 Å². The maximum atomic E-state index is 12.6. The van der Waals surface area contributed by atoms with Gasteiger partial charge in [-0.3, -0.25) is 4.98 Å².